The van der Waals surface area contributed by atoms with Gasteiger partial charge in [0.1, 0.15) is 11.8 Å². The van der Waals surface area contributed by atoms with E-state index in [4.69, 9.17) is 32.7 Å². The molecule has 0 saturated carbocycles. The Labute approximate surface area is 202 Å². The predicted molar refractivity (Wildman–Crippen MR) is 129 cm³/mol. The lowest BCUT2D eigenvalue weighted by Gasteiger charge is -2.22. The number of aromatic nitrogens is 3. The molecule has 7 nitrogen and oxygen atoms in total. The van der Waals surface area contributed by atoms with Crippen molar-refractivity contribution in [1.82, 2.24) is 19.7 Å². The molecule has 3 aromatic rings. The number of ether oxygens (including phenoxy) is 2. The van der Waals surface area contributed by atoms with Crippen LogP contribution in [-0.2, 0) is 22.4 Å². The van der Waals surface area contributed by atoms with Gasteiger partial charge in [-0.05, 0) is 46.1 Å². The van der Waals surface area contributed by atoms with Gasteiger partial charge in [0.15, 0.2) is 0 Å². The number of carbonyl (C=O) groups excluding carboxylic acids is 1. The number of nitrogens with one attached hydrogen (secondary N) is 1. The molecule has 33 heavy (non-hydrogen) atoms. The summed E-state index contributed by atoms with van der Waals surface area (Å²) in [4.78, 5) is 12.4. The minimum atomic E-state index is -0.553. The number of fused-ring (bicyclic) bond motifs is 3. The van der Waals surface area contributed by atoms with Crippen molar-refractivity contribution in [2.45, 2.75) is 70.9 Å². The minimum absolute atomic E-state index is 0.0333. The van der Waals surface area contributed by atoms with Gasteiger partial charge in [-0.25, -0.2) is 9.48 Å². The lowest BCUT2D eigenvalue weighted by Crippen LogP contribution is -2.39. The van der Waals surface area contributed by atoms with Crippen molar-refractivity contribution in [2.75, 3.05) is 6.61 Å². The number of benzene rings is 1. The number of halogens is 2. The van der Waals surface area contributed by atoms with Gasteiger partial charge in [0.2, 0.25) is 0 Å². The van der Waals surface area contributed by atoms with E-state index < -0.39 is 11.7 Å². The monoisotopic (exact) mass is 490 g/mol. The molecule has 9 heteroatoms. The Morgan fingerprint density at radius 3 is 2.82 bits per heavy atom. The molecule has 4 heterocycles. The molecule has 1 N–H and O–H groups in total. The van der Waals surface area contributed by atoms with Crippen molar-refractivity contribution in [1.29, 1.82) is 0 Å². The van der Waals surface area contributed by atoms with Crippen molar-refractivity contribution < 1.29 is 14.3 Å². The molecule has 0 aliphatic carbocycles. The normalized spacial score (nSPS) is 20.8. The van der Waals surface area contributed by atoms with Gasteiger partial charge in [-0.3, -0.25) is 0 Å². The van der Waals surface area contributed by atoms with Crippen LogP contribution in [0.4, 0.5) is 4.79 Å². The van der Waals surface area contributed by atoms with Gasteiger partial charge < -0.3 is 19.4 Å². The Kier molecular flexibility index (Phi) is 5.83. The van der Waals surface area contributed by atoms with Gasteiger partial charge in [0.25, 0.3) is 0 Å². The summed E-state index contributed by atoms with van der Waals surface area (Å²) in [5.41, 5.74) is 3.49. The molecule has 5 rings (SSSR count). The van der Waals surface area contributed by atoms with E-state index in [1.54, 1.807) is 0 Å². The maximum Gasteiger partial charge on any atom is 0.407 e. The van der Waals surface area contributed by atoms with Crippen LogP contribution in [0.15, 0.2) is 24.5 Å². The van der Waals surface area contributed by atoms with Crippen molar-refractivity contribution in [2.24, 2.45) is 0 Å². The van der Waals surface area contributed by atoms with E-state index in [1.807, 2.05) is 50.0 Å². The Morgan fingerprint density at radius 1 is 1.27 bits per heavy atom. The maximum atomic E-state index is 12.4. The van der Waals surface area contributed by atoms with Crippen LogP contribution in [-0.4, -0.2) is 38.7 Å². The molecule has 0 radical (unpaired) electrons. The quantitative estimate of drug-likeness (QED) is 0.491. The average molecular weight is 491 g/mol. The van der Waals surface area contributed by atoms with E-state index in [2.05, 4.69) is 15.0 Å². The summed E-state index contributed by atoms with van der Waals surface area (Å²) in [5, 5.41) is 9.66. The predicted octanol–water partition coefficient (Wildman–Crippen LogP) is 5.96. The molecular formula is C24H28Cl2N4O3. The molecule has 0 spiro atoms. The lowest BCUT2D eigenvalue weighted by atomic mass is 10.0. The molecule has 1 amide bonds. The van der Waals surface area contributed by atoms with Crippen LogP contribution in [0.1, 0.15) is 52.0 Å². The summed E-state index contributed by atoms with van der Waals surface area (Å²) < 4.78 is 15.4. The summed E-state index contributed by atoms with van der Waals surface area (Å²) in [6.45, 7) is 6.91. The van der Waals surface area contributed by atoms with Crippen LogP contribution in [0.5, 0.6) is 0 Å². The van der Waals surface area contributed by atoms with Gasteiger partial charge in [-0.1, -0.05) is 29.3 Å². The number of amides is 1. The minimum Gasteiger partial charge on any atom is -0.444 e. The summed E-state index contributed by atoms with van der Waals surface area (Å²) in [5.74, 6) is 0. The molecule has 2 aliphatic rings. The SMILES string of the molecule is CC(C)(C)OC(=O)NC1Cc2c(-c3cnn(C4CCCCO4)c3)c3ccc(Cl)c(Cl)c3n2C1. The second-order valence-corrected chi connectivity index (χ2v) is 10.6. The van der Waals surface area contributed by atoms with Crippen molar-refractivity contribution >= 4 is 40.2 Å². The first kappa shape index (κ1) is 22.6. The molecule has 2 unspecified atom stereocenters. The smallest absolute Gasteiger partial charge is 0.407 e. The number of rotatable bonds is 3. The largest absolute Gasteiger partial charge is 0.444 e. The highest BCUT2D eigenvalue weighted by molar-refractivity contribution is 6.45. The van der Waals surface area contributed by atoms with E-state index in [9.17, 15) is 4.79 Å². The van der Waals surface area contributed by atoms with Crippen LogP contribution in [0.2, 0.25) is 10.0 Å². The highest BCUT2D eigenvalue weighted by atomic mass is 35.5. The first-order chi connectivity index (χ1) is 15.7. The fraction of sp³-hybridized carbons (Fsp3) is 0.500. The van der Waals surface area contributed by atoms with Gasteiger partial charge in [-0.2, -0.15) is 5.10 Å². The zero-order valence-corrected chi connectivity index (χ0v) is 20.5. The van der Waals surface area contributed by atoms with E-state index >= 15 is 0 Å². The van der Waals surface area contributed by atoms with Crippen molar-refractivity contribution in [3.8, 4) is 11.1 Å². The van der Waals surface area contributed by atoms with E-state index in [1.165, 1.54) is 0 Å². The zero-order chi connectivity index (χ0) is 23.3. The maximum absolute atomic E-state index is 12.4. The molecule has 1 aromatic carbocycles. The fourth-order valence-corrected chi connectivity index (χ4v) is 5.23. The van der Waals surface area contributed by atoms with Crippen LogP contribution >= 0.6 is 23.2 Å². The summed E-state index contributed by atoms with van der Waals surface area (Å²) in [6, 6.07) is 3.73. The highest BCUT2D eigenvalue weighted by Gasteiger charge is 2.32. The van der Waals surface area contributed by atoms with Gasteiger partial charge in [-0.15, -0.1) is 0 Å². The second-order valence-electron chi connectivity index (χ2n) is 9.77. The molecular weight excluding hydrogens is 463 g/mol. The molecule has 176 valence electrons. The first-order valence-electron chi connectivity index (χ1n) is 11.4. The van der Waals surface area contributed by atoms with Crippen LogP contribution < -0.4 is 5.32 Å². The molecule has 2 atom stereocenters. The van der Waals surface area contributed by atoms with Gasteiger partial charge in [0.05, 0.1) is 27.8 Å². The third-order valence-corrected chi connectivity index (χ3v) is 6.92. The second kappa shape index (κ2) is 8.53. The zero-order valence-electron chi connectivity index (χ0n) is 19.0. The number of hydrogen-bond donors (Lipinski definition) is 1. The van der Waals surface area contributed by atoms with Gasteiger partial charge >= 0.3 is 6.09 Å². The summed E-state index contributed by atoms with van der Waals surface area (Å²) in [6.07, 6.45) is 7.31. The topological polar surface area (TPSA) is 70.3 Å². The first-order valence-corrected chi connectivity index (χ1v) is 12.1. The van der Waals surface area contributed by atoms with E-state index in [-0.39, 0.29) is 12.3 Å². The van der Waals surface area contributed by atoms with Crippen molar-refractivity contribution in [3.63, 3.8) is 0 Å². The lowest BCUT2D eigenvalue weighted by molar-refractivity contribution is -0.0394. The molecule has 0 bridgehead atoms. The molecule has 2 aliphatic heterocycles. The summed E-state index contributed by atoms with van der Waals surface area (Å²) in [7, 11) is 0. The van der Waals surface area contributed by atoms with Crippen LogP contribution in [0.3, 0.4) is 0 Å². The Morgan fingerprint density at radius 2 is 2.09 bits per heavy atom. The number of carbonyl (C=O) groups is 1. The molecule has 1 fully saturated rings. The molecule has 1 saturated heterocycles. The van der Waals surface area contributed by atoms with Crippen LogP contribution in [0, 0.1) is 0 Å². The molecule has 2 aromatic heterocycles. The summed E-state index contributed by atoms with van der Waals surface area (Å²) >= 11 is 13.0. The van der Waals surface area contributed by atoms with E-state index in [0.29, 0.717) is 23.0 Å². The Bertz CT molecular complexity index is 1200. The number of hydrogen-bond acceptors (Lipinski definition) is 4. The Balaban J connectivity index is 1.51. The van der Waals surface area contributed by atoms with E-state index in [0.717, 1.165) is 53.6 Å². The third kappa shape index (κ3) is 4.34. The highest BCUT2D eigenvalue weighted by Crippen LogP contribution is 2.43. The third-order valence-electron chi connectivity index (χ3n) is 6.13. The van der Waals surface area contributed by atoms with Crippen molar-refractivity contribution in [3.05, 3.63) is 40.3 Å². The standard InChI is InChI=1S/C24H28Cl2N4O3/c1-24(2,3)33-23(31)28-15-10-18-20(14-11-27-30(12-14)19-6-4-5-9-32-19)16-7-8-17(25)21(26)22(16)29(18)13-15/h7-8,11-12,15,19H,4-6,9-10,13H2,1-3H3,(H,28,31). The number of nitrogens with zero attached hydrogens (tertiary/aromatic N) is 3. The van der Waals surface area contributed by atoms with Crippen LogP contribution in [0.25, 0.3) is 22.0 Å². The Hall–Kier alpha value is -2.22. The van der Waals surface area contributed by atoms with Gasteiger partial charge in [0, 0.05) is 48.0 Å². The fourth-order valence-electron chi connectivity index (χ4n) is 4.81. The average Bonchev–Trinajstić information content (AvgIpc) is 3.44. The number of alkyl carbamates (subject to hydrolysis) is 1.